The van der Waals surface area contributed by atoms with Crippen LogP contribution in [0.1, 0.15) is 30.6 Å². The number of rotatable bonds is 5. The zero-order valence-electron chi connectivity index (χ0n) is 14.9. The highest BCUT2D eigenvalue weighted by Crippen LogP contribution is 2.25. The molecule has 4 nitrogen and oxygen atoms in total. The van der Waals surface area contributed by atoms with Crippen molar-refractivity contribution in [2.45, 2.75) is 32.0 Å². The third kappa shape index (κ3) is 4.60. The van der Waals surface area contributed by atoms with Gasteiger partial charge in [0.1, 0.15) is 11.9 Å². The number of nitrogens with zero attached hydrogens (tertiary/aromatic N) is 1. The number of hydrogen-bond acceptors (Lipinski definition) is 3. The lowest BCUT2D eigenvalue weighted by atomic mass is 10.1. The van der Waals surface area contributed by atoms with Crippen molar-refractivity contribution >= 4 is 5.91 Å². The van der Waals surface area contributed by atoms with Gasteiger partial charge in [-0.2, -0.15) is 0 Å². The van der Waals surface area contributed by atoms with Gasteiger partial charge in [-0.15, -0.1) is 0 Å². The van der Waals surface area contributed by atoms with E-state index >= 15 is 0 Å². The van der Waals surface area contributed by atoms with Gasteiger partial charge < -0.3 is 14.4 Å². The molecule has 2 unspecified atom stereocenters. The Kier molecular flexibility index (Phi) is 5.71. The molecular formula is C21H25NO3. The molecule has 0 N–H and O–H groups in total. The minimum atomic E-state index is -0.0503. The molecule has 1 amide bonds. The van der Waals surface area contributed by atoms with Gasteiger partial charge in [0, 0.05) is 13.0 Å². The fourth-order valence-electron chi connectivity index (χ4n) is 3.24. The average Bonchev–Trinajstić information content (AvgIpc) is 2.66. The number of morpholine rings is 1. The number of carbonyl (C=O) groups is 1. The fourth-order valence-corrected chi connectivity index (χ4v) is 3.24. The lowest BCUT2D eigenvalue weighted by Gasteiger charge is -2.37. The first kappa shape index (κ1) is 17.5. The molecule has 0 aliphatic carbocycles. The maximum Gasteiger partial charge on any atom is 0.223 e. The van der Waals surface area contributed by atoms with Crippen molar-refractivity contribution in [1.82, 2.24) is 4.90 Å². The minimum absolute atomic E-state index is 0.0414. The van der Waals surface area contributed by atoms with Gasteiger partial charge in [-0.1, -0.05) is 42.5 Å². The number of hydrogen-bond donors (Lipinski definition) is 0. The molecule has 0 aromatic heterocycles. The van der Waals surface area contributed by atoms with E-state index in [0.717, 1.165) is 23.3 Å². The predicted octanol–water partition coefficient (Wildman–Crippen LogP) is 3.62. The van der Waals surface area contributed by atoms with Gasteiger partial charge in [0.25, 0.3) is 0 Å². The molecule has 1 heterocycles. The first-order valence-electron chi connectivity index (χ1n) is 8.77. The Balaban J connectivity index is 1.61. The van der Waals surface area contributed by atoms with E-state index in [1.54, 1.807) is 7.11 Å². The van der Waals surface area contributed by atoms with Gasteiger partial charge in [0.05, 0.1) is 19.8 Å². The molecule has 0 spiro atoms. The monoisotopic (exact) mass is 339 g/mol. The molecule has 132 valence electrons. The maximum atomic E-state index is 12.7. The van der Waals surface area contributed by atoms with Crippen LogP contribution in [0.4, 0.5) is 0 Å². The summed E-state index contributed by atoms with van der Waals surface area (Å²) in [5.74, 6) is 1.01. The summed E-state index contributed by atoms with van der Waals surface area (Å²) in [5.41, 5.74) is 2.24. The van der Waals surface area contributed by atoms with E-state index in [9.17, 15) is 4.79 Å². The largest absolute Gasteiger partial charge is 0.497 e. The van der Waals surface area contributed by atoms with Crippen LogP contribution in [-0.4, -0.2) is 37.1 Å². The number of benzene rings is 2. The summed E-state index contributed by atoms with van der Waals surface area (Å²) >= 11 is 0. The highest BCUT2D eigenvalue weighted by molar-refractivity contribution is 5.76. The zero-order chi connectivity index (χ0) is 17.6. The summed E-state index contributed by atoms with van der Waals surface area (Å²) in [6.45, 7) is 3.29. The van der Waals surface area contributed by atoms with Crippen LogP contribution in [0, 0.1) is 0 Å². The highest BCUT2D eigenvalue weighted by Gasteiger charge is 2.28. The van der Waals surface area contributed by atoms with E-state index in [1.807, 2.05) is 54.3 Å². The van der Waals surface area contributed by atoms with Crippen LogP contribution in [0.15, 0.2) is 54.6 Å². The topological polar surface area (TPSA) is 38.8 Å². The van der Waals surface area contributed by atoms with Crippen LogP contribution >= 0.6 is 0 Å². The molecule has 3 rings (SSSR count). The van der Waals surface area contributed by atoms with Crippen molar-refractivity contribution in [2.75, 3.05) is 20.2 Å². The summed E-state index contributed by atoms with van der Waals surface area (Å²) in [6, 6.07) is 18.0. The molecule has 1 fully saturated rings. The first-order valence-corrected chi connectivity index (χ1v) is 8.77. The number of amides is 1. The van der Waals surface area contributed by atoms with E-state index < -0.39 is 0 Å². The first-order chi connectivity index (χ1) is 12.2. The molecule has 1 aliphatic heterocycles. The smallest absolute Gasteiger partial charge is 0.223 e. The van der Waals surface area contributed by atoms with Crippen molar-refractivity contribution in [3.05, 3.63) is 65.7 Å². The Hall–Kier alpha value is -2.33. The molecule has 2 aromatic carbocycles. The van der Waals surface area contributed by atoms with Gasteiger partial charge in [0.15, 0.2) is 0 Å². The Morgan fingerprint density at radius 2 is 1.96 bits per heavy atom. The lowest BCUT2D eigenvalue weighted by Crippen LogP contribution is -2.46. The number of aryl methyl sites for hydroxylation is 1. The Labute approximate surface area is 149 Å². The molecule has 0 bridgehead atoms. The molecule has 1 aliphatic rings. The van der Waals surface area contributed by atoms with Gasteiger partial charge in [-0.25, -0.2) is 0 Å². The quantitative estimate of drug-likeness (QED) is 0.835. The fraction of sp³-hybridized carbons (Fsp3) is 0.381. The van der Waals surface area contributed by atoms with Crippen molar-refractivity contribution in [2.24, 2.45) is 0 Å². The molecule has 0 radical (unpaired) electrons. The molecular weight excluding hydrogens is 314 g/mol. The number of ether oxygens (including phenoxy) is 2. The normalized spacial score (nSPS) is 20.3. The van der Waals surface area contributed by atoms with Crippen LogP contribution in [0.5, 0.6) is 5.75 Å². The lowest BCUT2D eigenvalue weighted by molar-refractivity contribution is -0.144. The van der Waals surface area contributed by atoms with E-state index in [1.165, 1.54) is 0 Å². The second-order valence-corrected chi connectivity index (χ2v) is 6.50. The highest BCUT2D eigenvalue weighted by atomic mass is 16.5. The third-order valence-electron chi connectivity index (χ3n) is 4.55. The zero-order valence-corrected chi connectivity index (χ0v) is 14.9. The third-order valence-corrected chi connectivity index (χ3v) is 4.55. The Morgan fingerprint density at radius 3 is 2.72 bits per heavy atom. The summed E-state index contributed by atoms with van der Waals surface area (Å²) in [7, 11) is 1.66. The summed E-state index contributed by atoms with van der Waals surface area (Å²) in [4.78, 5) is 14.6. The molecule has 2 atom stereocenters. The SMILES string of the molecule is COc1cccc(CCC(=O)N2CC(C)OC(c3ccccc3)C2)c1. The van der Waals surface area contributed by atoms with Crippen LogP contribution in [0.25, 0.3) is 0 Å². The van der Waals surface area contributed by atoms with Crippen LogP contribution in [0.2, 0.25) is 0 Å². The Bertz CT molecular complexity index is 701. The molecule has 0 saturated carbocycles. The van der Waals surface area contributed by atoms with Crippen molar-refractivity contribution in [3.8, 4) is 5.75 Å². The molecule has 25 heavy (non-hydrogen) atoms. The summed E-state index contributed by atoms with van der Waals surface area (Å²) < 4.78 is 11.3. The second kappa shape index (κ2) is 8.17. The maximum absolute atomic E-state index is 12.7. The molecule has 1 saturated heterocycles. The van der Waals surface area contributed by atoms with Crippen LogP contribution in [0.3, 0.4) is 0 Å². The number of carbonyl (C=O) groups excluding carboxylic acids is 1. The van der Waals surface area contributed by atoms with Crippen LogP contribution < -0.4 is 4.74 Å². The summed E-state index contributed by atoms with van der Waals surface area (Å²) in [6.07, 6.45) is 1.21. The predicted molar refractivity (Wildman–Crippen MR) is 97.6 cm³/mol. The average molecular weight is 339 g/mol. The van der Waals surface area contributed by atoms with Crippen molar-refractivity contribution in [3.63, 3.8) is 0 Å². The van der Waals surface area contributed by atoms with Gasteiger partial charge in [-0.3, -0.25) is 4.79 Å². The summed E-state index contributed by atoms with van der Waals surface area (Å²) in [5, 5.41) is 0. The van der Waals surface area contributed by atoms with Crippen LogP contribution in [-0.2, 0) is 16.0 Å². The van der Waals surface area contributed by atoms with E-state index in [4.69, 9.17) is 9.47 Å². The van der Waals surface area contributed by atoms with Gasteiger partial charge in [0.2, 0.25) is 5.91 Å². The van der Waals surface area contributed by atoms with E-state index in [2.05, 4.69) is 12.1 Å². The van der Waals surface area contributed by atoms with Gasteiger partial charge >= 0.3 is 0 Å². The number of methoxy groups -OCH3 is 1. The van der Waals surface area contributed by atoms with Crippen molar-refractivity contribution in [1.29, 1.82) is 0 Å². The van der Waals surface area contributed by atoms with E-state index in [-0.39, 0.29) is 18.1 Å². The van der Waals surface area contributed by atoms with E-state index in [0.29, 0.717) is 19.5 Å². The standard InChI is InChI=1S/C21H25NO3/c1-16-14-22(15-20(25-16)18-8-4-3-5-9-18)21(23)12-11-17-7-6-10-19(13-17)24-2/h3-10,13,16,20H,11-12,14-15H2,1-2H3. The Morgan fingerprint density at radius 1 is 1.16 bits per heavy atom. The second-order valence-electron chi connectivity index (χ2n) is 6.50. The van der Waals surface area contributed by atoms with Crippen molar-refractivity contribution < 1.29 is 14.3 Å². The molecule has 4 heteroatoms. The van der Waals surface area contributed by atoms with Gasteiger partial charge in [-0.05, 0) is 36.6 Å². The minimum Gasteiger partial charge on any atom is -0.497 e. The molecule has 2 aromatic rings.